The molecule has 3 heteroatoms. The molecule has 1 unspecified atom stereocenters. The van der Waals surface area contributed by atoms with Gasteiger partial charge in [0.2, 0.25) is 5.91 Å². The predicted octanol–water partition coefficient (Wildman–Crippen LogP) is 3.49. The highest BCUT2D eigenvalue weighted by molar-refractivity contribution is 5.88. The van der Waals surface area contributed by atoms with E-state index in [1.807, 2.05) is 18.2 Å². The third kappa shape index (κ3) is 5.32. The molecule has 3 nitrogen and oxygen atoms in total. The van der Waals surface area contributed by atoms with E-state index in [2.05, 4.69) is 30.5 Å². The van der Waals surface area contributed by atoms with E-state index >= 15 is 0 Å². The Morgan fingerprint density at radius 1 is 1.33 bits per heavy atom. The van der Waals surface area contributed by atoms with Crippen molar-refractivity contribution < 1.29 is 4.79 Å². The Kier molecular flexibility index (Phi) is 6.44. The molecule has 0 aromatic heterocycles. The van der Waals surface area contributed by atoms with E-state index in [9.17, 15) is 4.79 Å². The zero-order chi connectivity index (χ0) is 13.4. The van der Waals surface area contributed by atoms with E-state index in [4.69, 9.17) is 0 Å². The predicted molar refractivity (Wildman–Crippen MR) is 76.7 cm³/mol. The van der Waals surface area contributed by atoms with E-state index in [1.54, 1.807) is 0 Å². The second-order valence-electron chi connectivity index (χ2n) is 4.69. The first-order valence-corrected chi connectivity index (χ1v) is 6.74. The Morgan fingerprint density at radius 2 is 2.11 bits per heavy atom. The molecule has 0 saturated carbocycles. The molecule has 1 aromatic rings. The summed E-state index contributed by atoms with van der Waals surface area (Å²) in [5, 5.41) is 6.31. The third-order valence-corrected chi connectivity index (χ3v) is 2.94. The fraction of sp³-hybridized carbons (Fsp3) is 0.533. The van der Waals surface area contributed by atoms with Crippen LogP contribution in [0.5, 0.6) is 0 Å². The quantitative estimate of drug-likeness (QED) is 0.725. The lowest BCUT2D eigenvalue weighted by atomic mass is 10.1. The van der Waals surface area contributed by atoms with E-state index in [-0.39, 0.29) is 5.91 Å². The van der Waals surface area contributed by atoms with Gasteiger partial charge in [0.25, 0.3) is 0 Å². The monoisotopic (exact) mass is 248 g/mol. The molecule has 2 N–H and O–H groups in total. The second kappa shape index (κ2) is 7.88. The minimum Gasteiger partial charge on any atom is -0.326 e. The molecule has 0 aliphatic rings. The molecule has 0 saturated heterocycles. The van der Waals surface area contributed by atoms with Gasteiger partial charge in [-0.2, -0.15) is 0 Å². The van der Waals surface area contributed by atoms with E-state index in [0.29, 0.717) is 6.04 Å². The van der Waals surface area contributed by atoms with Gasteiger partial charge in [-0.05, 0) is 37.6 Å². The van der Waals surface area contributed by atoms with Crippen molar-refractivity contribution in [2.24, 2.45) is 0 Å². The Bertz CT molecular complexity index is 377. The van der Waals surface area contributed by atoms with Crippen molar-refractivity contribution in [2.75, 3.05) is 11.9 Å². The number of anilines is 1. The molecule has 0 heterocycles. The molecular formula is C15H24N2O. The van der Waals surface area contributed by atoms with Gasteiger partial charge in [-0.15, -0.1) is 0 Å². The van der Waals surface area contributed by atoms with Gasteiger partial charge in [0, 0.05) is 18.7 Å². The molecule has 1 atom stereocenters. The van der Waals surface area contributed by atoms with Crippen molar-refractivity contribution in [3.63, 3.8) is 0 Å². The zero-order valence-corrected chi connectivity index (χ0v) is 11.6. The number of carbonyl (C=O) groups is 1. The Morgan fingerprint density at radius 3 is 2.78 bits per heavy atom. The van der Waals surface area contributed by atoms with Crippen LogP contribution in [0.25, 0.3) is 0 Å². The van der Waals surface area contributed by atoms with E-state index in [1.165, 1.54) is 31.7 Å². The van der Waals surface area contributed by atoms with Crippen LogP contribution in [-0.2, 0) is 4.79 Å². The second-order valence-corrected chi connectivity index (χ2v) is 4.69. The van der Waals surface area contributed by atoms with Gasteiger partial charge in [-0.1, -0.05) is 31.9 Å². The molecular weight excluding hydrogens is 224 g/mol. The molecule has 0 aliphatic heterocycles. The first kappa shape index (κ1) is 14.7. The Labute approximate surface area is 110 Å². The average Bonchev–Trinajstić information content (AvgIpc) is 2.34. The van der Waals surface area contributed by atoms with Crippen molar-refractivity contribution in [3.8, 4) is 0 Å². The maximum Gasteiger partial charge on any atom is 0.221 e. The summed E-state index contributed by atoms with van der Waals surface area (Å²) in [6.45, 7) is 6.93. The molecule has 0 bridgehead atoms. The highest BCUT2D eigenvalue weighted by Gasteiger charge is 2.05. The van der Waals surface area contributed by atoms with Gasteiger partial charge in [-0.25, -0.2) is 0 Å². The molecule has 1 amide bonds. The summed E-state index contributed by atoms with van der Waals surface area (Å²) in [6, 6.07) is 8.32. The number of carbonyl (C=O) groups excluding carboxylic acids is 1. The maximum atomic E-state index is 11.0. The first-order chi connectivity index (χ1) is 8.63. The number of hydrogen-bond donors (Lipinski definition) is 2. The Hall–Kier alpha value is -1.35. The lowest BCUT2D eigenvalue weighted by Gasteiger charge is -2.15. The van der Waals surface area contributed by atoms with Crippen LogP contribution in [0.4, 0.5) is 5.69 Å². The molecule has 0 aliphatic carbocycles. The average molecular weight is 248 g/mol. The van der Waals surface area contributed by atoms with Crippen molar-refractivity contribution in [1.29, 1.82) is 0 Å². The standard InChI is InChI=1S/C15H24N2O/c1-4-5-6-10-16-12(2)14-8-7-9-15(11-14)17-13(3)18/h7-9,11-12,16H,4-6,10H2,1-3H3,(H,17,18). The molecule has 1 rings (SSSR count). The summed E-state index contributed by atoms with van der Waals surface area (Å²) in [4.78, 5) is 11.0. The summed E-state index contributed by atoms with van der Waals surface area (Å²) in [6.07, 6.45) is 3.73. The largest absolute Gasteiger partial charge is 0.326 e. The number of hydrogen-bond acceptors (Lipinski definition) is 2. The first-order valence-electron chi connectivity index (χ1n) is 6.74. The lowest BCUT2D eigenvalue weighted by molar-refractivity contribution is -0.114. The molecule has 18 heavy (non-hydrogen) atoms. The topological polar surface area (TPSA) is 41.1 Å². The van der Waals surface area contributed by atoms with Crippen LogP contribution in [0, 0.1) is 0 Å². The van der Waals surface area contributed by atoms with Crippen LogP contribution in [0.15, 0.2) is 24.3 Å². The van der Waals surface area contributed by atoms with Crippen LogP contribution in [0.2, 0.25) is 0 Å². The Balaban J connectivity index is 2.51. The van der Waals surface area contributed by atoms with Crippen LogP contribution in [0.1, 0.15) is 51.6 Å². The van der Waals surface area contributed by atoms with Crippen molar-refractivity contribution in [1.82, 2.24) is 5.32 Å². The van der Waals surface area contributed by atoms with Crippen molar-refractivity contribution >= 4 is 11.6 Å². The van der Waals surface area contributed by atoms with Crippen molar-refractivity contribution in [2.45, 2.75) is 46.1 Å². The van der Waals surface area contributed by atoms with Crippen LogP contribution >= 0.6 is 0 Å². The number of benzene rings is 1. The molecule has 0 spiro atoms. The summed E-state index contributed by atoms with van der Waals surface area (Å²) in [7, 11) is 0. The van der Waals surface area contributed by atoms with Gasteiger partial charge < -0.3 is 10.6 Å². The summed E-state index contributed by atoms with van der Waals surface area (Å²) >= 11 is 0. The summed E-state index contributed by atoms with van der Waals surface area (Å²) < 4.78 is 0. The van der Waals surface area contributed by atoms with Gasteiger partial charge >= 0.3 is 0 Å². The SMILES string of the molecule is CCCCCNC(C)c1cccc(NC(C)=O)c1. The minimum atomic E-state index is -0.0318. The van der Waals surface area contributed by atoms with Gasteiger partial charge in [0.15, 0.2) is 0 Å². The highest BCUT2D eigenvalue weighted by atomic mass is 16.1. The number of nitrogens with one attached hydrogen (secondary N) is 2. The fourth-order valence-electron chi connectivity index (χ4n) is 1.90. The fourth-order valence-corrected chi connectivity index (χ4v) is 1.90. The van der Waals surface area contributed by atoms with Crippen LogP contribution in [0.3, 0.4) is 0 Å². The summed E-state index contributed by atoms with van der Waals surface area (Å²) in [5.74, 6) is -0.0318. The number of amides is 1. The maximum absolute atomic E-state index is 11.0. The van der Waals surface area contributed by atoms with Crippen molar-refractivity contribution in [3.05, 3.63) is 29.8 Å². The van der Waals surface area contributed by atoms with E-state index in [0.717, 1.165) is 12.2 Å². The van der Waals surface area contributed by atoms with Crippen LogP contribution in [-0.4, -0.2) is 12.5 Å². The zero-order valence-electron chi connectivity index (χ0n) is 11.6. The van der Waals surface area contributed by atoms with Gasteiger partial charge in [0.05, 0.1) is 0 Å². The normalized spacial score (nSPS) is 12.2. The van der Waals surface area contributed by atoms with E-state index < -0.39 is 0 Å². The van der Waals surface area contributed by atoms with Gasteiger partial charge in [0.1, 0.15) is 0 Å². The van der Waals surface area contributed by atoms with Crippen LogP contribution < -0.4 is 10.6 Å². The molecule has 0 fully saturated rings. The molecule has 1 aromatic carbocycles. The van der Waals surface area contributed by atoms with Gasteiger partial charge in [-0.3, -0.25) is 4.79 Å². The minimum absolute atomic E-state index is 0.0318. The third-order valence-electron chi connectivity index (χ3n) is 2.94. The lowest BCUT2D eigenvalue weighted by Crippen LogP contribution is -2.20. The smallest absolute Gasteiger partial charge is 0.221 e. The summed E-state index contributed by atoms with van der Waals surface area (Å²) in [5.41, 5.74) is 2.07. The molecule has 0 radical (unpaired) electrons. The number of unbranched alkanes of at least 4 members (excludes halogenated alkanes) is 2. The highest BCUT2D eigenvalue weighted by Crippen LogP contribution is 2.17. The number of rotatable bonds is 7. The molecule has 100 valence electrons.